The zero-order chi connectivity index (χ0) is 20.1. The van der Waals surface area contributed by atoms with Gasteiger partial charge >= 0.3 is 17.9 Å². The van der Waals surface area contributed by atoms with Crippen LogP contribution in [0.25, 0.3) is 0 Å². The summed E-state index contributed by atoms with van der Waals surface area (Å²) in [7, 11) is 0. The van der Waals surface area contributed by atoms with Gasteiger partial charge in [0.1, 0.15) is 9.75 Å². The molecule has 0 spiro atoms. The summed E-state index contributed by atoms with van der Waals surface area (Å²) in [5.41, 5.74) is 0.432. The first-order chi connectivity index (χ1) is 12.9. The fourth-order valence-corrected chi connectivity index (χ4v) is 3.09. The fourth-order valence-electron chi connectivity index (χ4n) is 2.35. The molecule has 1 N–H and O–H groups in total. The first-order valence-electron chi connectivity index (χ1n) is 9.24. The SMILES string of the molecule is C=C(C)C(=O)OCCCCCCCCCCOC(=O)c1ccc(C(=O)O)s1. The molecule has 0 atom stereocenters. The summed E-state index contributed by atoms with van der Waals surface area (Å²) in [6, 6.07) is 2.89. The van der Waals surface area contributed by atoms with Gasteiger partial charge in [0.25, 0.3) is 0 Å². The molecule has 1 aromatic heterocycles. The van der Waals surface area contributed by atoms with E-state index in [1.54, 1.807) is 6.92 Å². The van der Waals surface area contributed by atoms with Gasteiger partial charge in [0, 0.05) is 5.57 Å². The molecule has 27 heavy (non-hydrogen) atoms. The van der Waals surface area contributed by atoms with Gasteiger partial charge in [-0.2, -0.15) is 0 Å². The predicted molar refractivity (Wildman–Crippen MR) is 104 cm³/mol. The number of ether oxygens (including phenoxy) is 2. The molecule has 150 valence electrons. The van der Waals surface area contributed by atoms with Gasteiger partial charge in [-0.3, -0.25) is 0 Å². The fraction of sp³-hybridized carbons (Fsp3) is 0.550. The Hall–Kier alpha value is -2.15. The van der Waals surface area contributed by atoms with Crippen LogP contribution >= 0.6 is 11.3 Å². The molecule has 0 bridgehead atoms. The number of carbonyl (C=O) groups is 3. The Morgan fingerprint density at radius 1 is 0.889 bits per heavy atom. The third-order valence-electron chi connectivity index (χ3n) is 3.87. The van der Waals surface area contributed by atoms with Crippen LogP contribution in [0.4, 0.5) is 0 Å². The molecule has 6 nitrogen and oxygen atoms in total. The lowest BCUT2D eigenvalue weighted by Gasteiger charge is -2.05. The van der Waals surface area contributed by atoms with E-state index in [4.69, 9.17) is 14.6 Å². The molecule has 1 rings (SSSR count). The second-order valence-electron chi connectivity index (χ2n) is 6.35. The molecule has 0 fully saturated rings. The third-order valence-corrected chi connectivity index (χ3v) is 4.92. The number of unbranched alkanes of at least 4 members (excludes halogenated alkanes) is 7. The number of hydrogen-bond donors (Lipinski definition) is 1. The lowest BCUT2D eigenvalue weighted by Crippen LogP contribution is -2.06. The van der Waals surface area contributed by atoms with Gasteiger partial charge in [0.2, 0.25) is 0 Å². The van der Waals surface area contributed by atoms with Crippen LogP contribution in [0.3, 0.4) is 0 Å². The number of carboxylic acids is 1. The molecule has 0 aliphatic heterocycles. The van der Waals surface area contributed by atoms with E-state index in [0.29, 0.717) is 23.7 Å². The molecule has 0 radical (unpaired) electrons. The van der Waals surface area contributed by atoms with Gasteiger partial charge in [-0.15, -0.1) is 11.3 Å². The summed E-state index contributed by atoms with van der Waals surface area (Å²) in [5.74, 6) is -1.82. The molecule has 1 aromatic rings. The van der Waals surface area contributed by atoms with Crippen molar-refractivity contribution < 1.29 is 29.0 Å². The van der Waals surface area contributed by atoms with Crippen LogP contribution in [-0.2, 0) is 14.3 Å². The number of hydrogen-bond acceptors (Lipinski definition) is 6. The van der Waals surface area contributed by atoms with Crippen LogP contribution in [0, 0.1) is 0 Å². The Kier molecular flexibility index (Phi) is 11.1. The van der Waals surface area contributed by atoms with Crippen molar-refractivity contribution in [3.05, 3.63) is 34.0 Å². The summed E-state index contributed by atoms with van der Waals surface area (Å²) in [6.45, 7) is 5.98. The summed E-state index contributed by atoms with van der Waals surface area (Å²) in [4.78, 5) is 34.2. The van der Waals surface area contributed by atoms with Crippen LogP contribution < -0.4 is 0 Å². The molecule has 0 aliphatic rings. The van der Waals surface area contributed by atoms with E-state index in [1.165, 1.54) is 12.1 Å². The Morgan fingerprint density at radius 3 is 1.85 bits per heavy atom. The van der Waals surface area contributed by atoms with E-state index in [1.807, 2.05) is 0 Å². The van der Waals surface area contributed by atoms with E-state index >= 15 is 0 Å². The number of rotatable bonds is 14. The van der Waals surface area contributed by atoms with Crippen LogP contribution in [0.2, 0.25) is 0 Å². The molecule has 0 aromatic carbocycles. The van der Waals surface area contributed by atoms with Crippen molar-refractivity contribution in [2.45, 2.75) is 58.3 Å². The highest BCUT2D eigenvalue weighted by atomic mass is 32.1. The van der Waals surface area contributed by atoms with E-state index in [-0.39, 0.29) is 10.8 Å². The average Bonchev–Trinajstić information content (AvgIpc) is 3.12. The summed E-state index contributed by atoms with van der Waals surface area (Å²) in [5, 5.41) is 8.83. The Labute approximate surface area is 164 Å². The van der Waals surface area contributed by atoms with Crippen LogP contribution in [0.15, 0.2) is 24.3 Å². The summed E-state index contributed by atoms with van der Waals surface area (Å²) in [6.07, 6.45) is 8.19. The minimum Gasteiger partial charge on any atom is -0.477 e. The van der Waals surface area contributed by atoms with Crippen molar-refractivity contribution in [2.24, 2.45) is 0 Å². The maximum atomic E-state index is 11.8. The number of aromatic carboxylic acids is 1. The summed E-state index contributed by atoms with van der Waals surface area (Å²) < 4.78 is 10.2. The predicted octanol–water partition coefficient (Wildman–Crippen LogP) is 4.84. The second kappa shape index (κ2) is 13.1. The monoisotopic (exact) mass is 396 g/mol. The quantitative estimate of drug-likeness (QED) is 0.275. The van der Waals surface area contributed by atoms with Gasteiger partial charge in [0.05, 0.1) is 13.2 Å². The van der Waals surface area contributed by atoms with Crippen molar-refractivity contribution in [2.75, 3.05) is 13.2 Å². The Morgan fingerprint density at radius 2 is 1.37 bits per heavy atom. The highest BCUT2D eigenvalue weighted by Gasteiger charge is 2.13. The molecule has 0 unspecified atom stereocenters. The molecule has 0 aliphatic carbocycles. The van der Waals surface area contributed by atoms with Gasteiger partial charge in [-0.1, -0.05) is 45.1 Å². The molecule has 0 saturated heterocycles. The first-order valence-corrected chi connectivity index (χ1v) is 10.1. The number of carboxylic acid groups (broad SMARTS) is 1. The van der Waals surface area contributed by atoms with Crippen molar-refractivity contribution >= 4 is 29.2 Å². The topological polar surface area (TPSA) is 89.9 Å². The van der Waals surface area contributed by atoms with Gasteiger partial charge in [-0.05, 0) is 31.9 Å². The largest absolute Gasteiger partial charge is 0.477 e. The maximum absolute atomic E-state index is 11.8. The zero-order valence-corrected chi connectivity index (χ0v) is 16.6. The van der Waals surface area contributed by atoms with E-state index in [2.05, 4.69) is 6.58 Å². The van der Waals surface area contributed by atoms with E-state index < -0.39 is 11.9 Å². The van der Waals surface area contributed by atoms with Crippen molar-refractivity contribution in [1.82, 2.24) is 0 Å². The first kappa shape index (κ1) is 22.9. The third kappa shape index (κ3) is 9.94. The maximum Gasteiger partial charge on any atom is 0.348 e. The van der Waals surface area contributed by atoms with Crippen LogP contribution in [0.1, 0.15) is 77.6 Å². The van der Waals surface area contributed by atoms with Crippen LogP contribution in [0.5, 0.6) is 0 Å². The Balaban J connectivity index is 1.92. The standard InChI is InChI=1S/C20H28O6S/c1-15(2)19(23)25-13-9-7-5-3-4-6-8-10-14-26-20(24)17-12-11-16(27-17)18(21)22/h11-12H,1,3-10,13-14H2,2H3,(H,21,22). The zero-order valence-electron chi connectivity index (χ0n) is 15.8. The molecular weight excluding hydrogens is 368 g/mol. The molecule has 0 amide bonds. The normalized spacial score (nSPS) is 10.4. The lowest BCUT2D eigenvalue weighted by molar-refractivity contribution is -0.139. The lowest BCUT2D eigenvalue weighted by atomic mass is 10.1. The molecule has 0 saturated carbocycles. The average molecular weight is 397 g/mol. The number of carbonyl (C=O) groups excluding carboxylic acids is 2. The highest BCUT2D eigenvalue weighted by Crippen LogP contribution is 2.17. The molecular formula is C20H28O6S. The van der Waals surface area contributed by atoms with Crippen LogP contribution in [-0.4, -0.2) is 36.2 Å². The van der Waals surface area contributed by atoms with E-state index in [9.17, 15) is 14.4 Å². The van der Waals surface area contributed by atoms with Crippen molar-refractivity contribution in [3.8, 4) is 0 Å². The number of thiophene rings is 1. The summed E-state index contributed by atoms with van der Waals surface area (Å²) >= 11 is 0.929. The minimum atomic E-state index is -1.04. The smallest absolute Gasteiger partial charge is 0.348 e. The van der Waals surface area contributed by atoms with Gasteiger partial charge < -0.3 is 14.6 Å². The number of esters is 2. The highest BCUT2D eigenvalue weighted by molar-refractivity contribution is 7.15. The minimum absolute atomic E-state index is 0.135. The van der Waals surface area contributed by atoms with Crippen molar-refractivity contribution in [3.63, 3.8) is 0 Å². The molecule has 7 heteroatoms. The van der Waals surface area contributed by atoms with Gasteiger partial charge in [0.15, 0.2) is 0 Å². The van der Waals surface area contributed by atoms with Gasteiger partial charge in [-0.25, -0.2) is 14.4 Å². The van der Waals surface area contributed by atoms with Crippen molar-refractivity contribution in [1.29, 1.82) is 0 Å². The van der Waals surface area contributed by atoms with E-state index in [0.717, 1.165) is 62.7 Å². The second-order valence-corrected chi connectivity index (χ2v) is 7.43. The molecule has 1 heterocycles. The Bertz CT molecular complexity index is 634.